The number of hydrogen-bond acceptors (Lipinski definition) is 10. The number of hydrogen-bond donors (Lipinski definition) is 3. The maximum absolute atomic E-state index is 13.1. The van der Waals surface area contributed by atoms with E-state index in [-0.39, 0.29) is 30.2 Å². The van der Waals surface area contributed by atoms with Crippen LogP contribution in [0.2, 0.25) is 0 Å². The first-order valence-electron chi connectivity index (χ1n) is 9.66. The van der Waals surface area contributed by atoms with Gasteiger partial charge >= 0.3 is 5.97 Å². The number of thioether (sulfide) groups is 1. The summed E-state index contributed by atoms with van der Waals surface area (Å²) in [5.41, 5.74) is -1.10. The van der Waals surface area contributed by atoms with Crippen LogP contribution in [-0.4, -0.2) is 84.5 Å². The van der Waals surface area contributed by atoms with Gasteiger partial charge in [-0.3, -0.25) is 14.5 Å². The van der Waals surface area contributed by atoms with Crippen molar-refractivity contribution in [1.29, 1.82) is 0 Å². The molecule has 2 atom stereocenters. The maximum Gasteiger partial charge on any atom is 0.352 e. The Balaban J connectivity index is 1.51. The third-order valence-corrected chi connectivity index (χ3v) is 6.31. The molecule has 2 aromatic rings. The number of aryl methyl sites for hydroxylation is 1. The van der Waals surface area contributed by atoms with Crippen LogP contribution in [0.3, 0.4) is 0 Å². The molecular formula is C19H20N6O7S. The minimum atomic E-state index is -1.85. The molecule has 1 saturated heterocycles. The number of aromatic nitrogens is 4. The van der Waals surface area contributed by atoms with Crippen LogP contribution in [0.25, 0.3) is 0 Å². The number of carboxylic acid groups (broad SMARTS) is 1. The molecule has 2 amide bonds. The number of phenols is 1. The van der Waals surface area contributed by atoms with Crippen LogP contribution in [0.1, 0.15) is 5.56 Å². The molecule has 13 nitrogen and oxygen atoms in total. The van der Waals surface area contributed by atoms with Crippen LogP contribution in [0, 0.1) is 0 Å². The maximum atomic E-state index is 13.1. The number of aliphatic carboxylic acids is 1. The Morgan fingerprint density at radius 2 is 2.09 bits per heavy atom. The number of benzene rings is 1. The van der Waals surface area contributed by atoms with Crippen LogP contribution < -0.4 is 5.32 Å². The lowest BCUT2D eigenvalue weighted by Gasteiger charge is -2.55. The second-order valence-corrected chi connectivity index (χ2v) is 8.24. The second-order valence-electron chi connectivity index (χ2n) is 7.30. The molecule has 0 radical (unpaired) electrons. The van der Waals surface area contributed by atoms with Gasteiger partial charge in [-0.1, -0.05) is 23.9 Å². The van der Waals surface area contributed by atoms with Gasteiger partial charge in [-0.05, 0) is 33.7 Å². The van der Waals surface area contributed by atoms with Crippen molar-refractivity contribution in [3.8, 4) is 5.75 Å². The Hall–Kier alpha value is -3.49. The summed E-state index contributed by atoms with van der Waals surface area (Å²) in [4.78, 5) is 38.6. The van der Waals surface area contributed by atoms with Crippen molar-refractivity contribution < 1.29 is 34.1 Å². The van der Waals surface area contributed by atoms with Gasteiger partial charge in [0.05, 0.1) is 13.0 Å². The molecule has 3 N–H and O–H groups in total. The lowest BCUT2D eigenvalue weighted by molar-refractivity contribution is -0.258. The fraction of sp³-hybridized carbons (Fsp3) is 0.368. The molecule has 2 aliphatic rings. The standard InChI is InChI=1S/C19H20N6O7S/c1-24-18(21-22-23-24)33-9-11-8-32-17-19(31-2,16(30)25(17)14(11)15(28)29)20-13(27)7-10-3-5-12(26)6-4-10/h3-6,17,26H,7-9H2,1-2H3,(H,20,27)(H,28,29)/t17-,19+/m1/s1. The molecule has 1 aromatic heterocycles. The predicted molar refractivity (Wildman–Crippen MR) is 110 cm³/mol. The number of amides is 2. The van der Waals surface area contributed by atoms with Crippen LogP contribution in [0.15, 0.2) is 40.7 Å². The number of aromatic hydroxyl groups is 1. The summed E-state index contributed by atoms with van der Waals surface area (Å²) in [6, 6.07) is 6.02. The van der Waals surface area contributed by atoms with Crippen molar-refractivity contribution >= 4 is 29.5 Å². The Morgan fingerprint density at radius 1 is 1.36 bits per heavy atom. The molecule has 0 bridgehead atoms. The van der Waals surface area contributed by atoms with Crippen molar-refractivity contribution in [2.45, 2.75) is 23.5 Å². The quantitative estimate of drug-likeness (QED) is 0.249. The van der Waals surface area contributed by atoms with E-state index in [0.29, 0.717) is 16.3 Å². The summed E-state index contributed by atoms with van der Waals surface area (Å²) in [6.07, 6.45) is -1.23. The number of rotatable bonds is 8. The zero-order valence-corrected chi connectivity index (χ0v) is 18.4. The largest absolute Gasteiger partial charge is 0.508 e. The van der Waals surface area contributed by atoms with Crippen LogP contribution in [0.5, 0.6) is 5.75 Å². The number of phenolic OH excluding ortho intramolecular Hbond substituents is 1. The number of tetrazole rings is 1. The molecule has 0 saturated carbocycles. The monoisotopic (exact) mass is 476 g/mol. The van der Waals surface area contributed by atoms with E-state index in [1.54, 1.807) is 19.2 Å². The molecule has 14 heteroatoms. The van der Waals surface area contributed by atoms with Crippen LogP contribution in [-0.2, 0) is 37.3 Å². The minimum absolute atomic E-state index is 0.0605. The first-order valence-corrected chi connectivity index (χ1v) is 10.6. The molecule has 1 aromatic carbocycles. The molecule has 33 heavy (non-hydrogen) atoms. The van der Waals surface area contributed by atoms with Crippen molar-refractivity contribution in [1.82, 2.24) is 30.4 Å². The second kappa shape index (κ2) is 8.80. The van der Waals surface area contributed by atoms with Gasteiger partial charge in [-0.2, -0.15) is 0 Å². The number of nitrogens with zero attached hydrogens (tertiary/aromatic N) is 5. The third kappa shape index (κ3) is 4.03. The highest BCUT2D eigenvalue weighted by Gasteiger charge is 2.67. The van der Waals surface area contributed by atoms with Gasteiger partial charge in [0.2, 0.25) is 11.1 Å². The van der Waals surface area contributed by atoms with Crippen LogP contribution in [0.4, 0.5) is 0 Å². The minimum Gasteiger partial charge on any atom is -0.508 e. The number of fused-ring (bicyclic) bond motifs is 1. The molecule has 0 spiro atoms. The van der Waals surface area contributed by atoms with Gasteiger partial charge in [-0.25, -0.2) is 9.48 Å². The van der Waals surface area contributed by atoms with Crippen molar-refractivity contribution in [2.24, 2.45) is 7.05 Å². The SMILES string of the molecule is CO[C@@]1(NC(=O)Cc2ccc(O)cc2)C(=O)N2C(C(=O)O)=C(CSc3nnnn3C)CO[C@@H]21. The number of nitrogens with one attached hydrogen (secondary N) is 1. The summed E-state index contributed by atoms with van der Waals surface area (Å²) in [5, 5.41) is 33.2. The van der Waals surface area contributed by atoms with E-state index < -0.39 is 29.7 Å². The summed E-state index contributed by atoms with van der Waals surface area (Å²) in [5.74, 6) is -2.35. The van der Waals surface area contributed by atoms with E-state index >= 15 is 0 Å². The normalized spacial score (nSPS) is 22.1. The first-order chi connectivity index (χ1) is 15.8. The van der Waals surface area contributed by atoms with Gasteiger partial charge in [0.25, 0.3) is 11.6 Å². The summed E-state index contributed by atoms with van der Waals surface area (Å²) >= 11 is 1.20. The number of methoxy groups -OCH3 is 1. The summed E-state index contributed by atoms with van der Waals surface area (Å²) in [7, 11) is 2.88. The lowest BCUT2D eigenvalue weighted by Crippen LogP contribution is -2.82. The first kappa shape index (κ1) is 22.7. The Bertz CT molecular complexity index is 1130. The average molecular weight is 476 g/mol. The average Bonchev–Trinajstić information content (AvgIpc) is 3.21. The molecule has 3 heterocycles. The van der Waals surface area contributed by atoms with E-state index in [1.807, 2.05) is 0 Å². The topological polar surface area (TPSA) is 169 Å². The van der Waals surface area contributed by atoms with Crippen molar-refractivity contribution in [2.75, 3.05) is 19.5 Å². The number of β-lactam (4-membered cyclic amide) rings is 1. The van der Waals surface area contributed by atoms with E-state index in [9.17, 15) is 24.6 Å². The van der Waals surface area contributed by atoms with Gasteiger partial charge in [0, 0.05) is 19.9 Å². The van der Waals surface area contributed by atoms with E-state index in [4.69, 9.17) is 9.47 Å². The predicted octanol–water partition coefficient (Wildman–Crippen LogP) is -0.753. The zero-order valence-electron chi connectivity index (χ0n) is 17.6. The molecule has 2 aliphatic heterocycles. The van der Waals surface area contributed by atoms with Gasteiger partial charge in [-0.15, -0.1) is 5.10 Å². The summed E-state index contributed by atoms with van der Waals surface area (Å²) in [6.45, 7) is -0.0900. The molecular weight excluding hydrogens is 456 g/mol. The number of carboxylic acids is 1. The third-order valence-electron chi connectivity index (χ3n) is 5.22. The van der Waals surface area contributed by atoms with E-state index in [2.05, 4.69) is 20.8 Å². The van der Waals surface area contributed by atoms with Crippen molar-refractivity contribution in [3.63, 3.8) is 0 Å². The fourth-order valence-corrected chi connectivity index (χ4v) is 4.44. The highest BCUT2D eigenvalue weighted by atomic mass is 32.2. The highest BCUT2D eigenvalue weighted by molar-refractivity contribution is 7.99. The van der Waals surface area contributed by atoms with E-state index in [1.165, 1.54) is 35.7 Å². The lowest BCUT2D eigenvalue weighted by atomic mass is 9.94. The Morgan fingerprint density at radius 3 is 2.70 bits per heavy atom. The fourth-order valence-electron chi connectivity index (χ4n) is 3.60. The van der Waals surface area contributed by atoms with Gasteiger partial charge in [0.1, 0.15) is 11.4 Å². The van der Waals surface area contributed by atoms with E-state index in [0.717, 1.165) is 4.90 Å². The number of carbonyl (C=O) groups is 3. The zero-order chi connectivity index (χ0) is 23.8. The Labute approximate surface area is 191 Å². The molecule has 1 fully saturated rings. The number of ether oxygens (including phenoxy) is 2. The van der Waals surface area contributed by atoms with Gasteiger partial charge in [0.15, 0.2) is 6.23 Å². The summed E-state index contributed by atoms with van der Waals surface area (Å²) < 4.78 is 12.5. The highest BCUT2D eigenvalue weighted by Crippen LogP contribution is 2.41. The molecule has 174 valence electrons. The molecule has 0 unspecified atom stereocenters. The number of carbonyl (C=O) groups excluding carboxylic acids is 2. The van der Waals surface area contributed by atoms with Crippen molar-refractivity contribution in [3.05, 3.63) is 41.1 Å². The molecule has 4 rings (SSSR count). The molecule has 0 aliphatic carbocycles. The Kier molecular flexibility index (Phi) is 6.05. The van der Waals surface area contributed by atoms with Crippen LogP contribution >= 0.6 is 11.8 Å². The van der Waals surface area contributed by atoms with Gasteiger partial charge < -0.3 is 25.0 Å². The smallest absolute Gasteiger partial charge is 0.352 e.